The first-order chi connectivity index (χ1) is 22.7. The van der Waals surface area contributed by atoms with Crippen LogP contribution < -0.4 is 10.5 Å². The molecule has 3 N–H and O–H groups in total. The van der Waals surface area contributed by atoms with Gasteiger partial charge in [-0.2, -0.15) is 0 Å². The summed E-state index contributed by atoms with van der Waals surface area (Å²) in [6.45, 7) is 10.3. The lowest BCUT2D eigenvalue weighted by Crippen LogP contribution is -2.18. The standard InChI is InChI=1S/C16H17NO5S2.C10H13NO.C6H5ClO4S2/c1-9-7-10(2)14(12(8-9)11(3)18)17-24(20,21)13-5-6-23-15(13)16(19)22-4;1-6-4-7(2)10(11)9(5-6)8(3)12;1-11-6(8)5-4(2-3-12-5)13(7,9)10/h5-8,17H,1-4H3;4-5H,11H2,1-3H3;2-3H,1H3. The second-order valence-electron chi connectivity index (χ2n) is 10.4. The first-order valence-corrected chi connectivity index (χ1v) is 19.5. The van der Waals surface area contributed by atoms with E-state index in [1.165, 1.54) is 51.0 Å². The molecule has 12 nitrogen and oxygen atoms in total. The van der Waals surface area contributed by atoms with Gasteiger partial charge in [0.1, 0.15) is 19.5 Å². The summed E-state index contributed by atoms with van der Waals surface area (Å²) in [5.74, 6) is -1.65. The molecule has 17 heteroatoms. The highest BCUT2D eigenvalue weighted by Gasteiger charge is 2.27. The molecule has 4 aromatic rings. The lowest BCUT2D eigenvalue weighted by molar-refractivity contribution is 0.0593. The molecule has 4 rings (SSSR count). The number of hydrogen-bond acceptors (Lipinski definition) is 13. The summed E-state index contributed by atoms with van der Waals surface area (Å²) in [4.78, 5) is 45.3. The highest BCUT2D eigenvalue weighted by atomic mass is 35.7. The van der Waals surface area contributed by atoms with E-state index >= 15 is 0 Å². The maximum Gasteiger partial charge on any atom is 0.349 e. The number of ether oxygens (including phenoxy) is 2. The number of methoxy groups -OCH3 is 2. The average Bonchev–Trinajstić information content (AvgIpc) is 3.71. The molecular weight excluding hydrogens is 736 g/mol. The van der Waals surface area contributed by atoms with E-state index in [1.54, 1.807) is 19.1 Å². The van der Waals surface area contributed by atoms with Crippen molar-refractivity contribution in [2.45, 2.75) is 51.3 Å². The van der Waals surface area contributed by atoms with Crippen molar-refractivity contribution in [3.05, 3.63) is 90.3 Å². The van der Waals surface area contributed by atoms with Crippen LogP contribution in [0.1, 0.15) is 76.2 Å². The number of ketones is 2. The lowest BCUT2D eigenvalue weighted by Gasteiger charge is -2.15. The summed E-state index contributed by atoms with van der Waals surface area (Å²) in [7, 11) is -0.468. The third-order valence-electron chi connectivity index (χ3n) is 6.56. The molecule has 2 heterocycles. The molecule has 2 aromatic heterocycles. The topological polar surface area (TPSA) is 193 Å². The van der Waals surface area contributed by atoms with E-state index in [4.69, 9.17) is 16.4 Å². The summed E-state index contributed by atoms with van der Waals surface area (Å²) < 4.78 is 58.6. The van der Waals surface area contributed by atoms with Crippen molar-refractivity contribution in [1.82, 2.24) is 0 Å². The van der Waals surface area contributed by atoms with Crippen molar-refractivity contribution in [2.24, 2.45) is 0 Å². The van der Waals surface area contributed by atoms with Crippen molar-refractivity contribution in [3.63, 3.8) is 0 Å². The number of Topliss-reactive ketones (excluding diaryl/α,β-unsaturated/α-hetero) is 2. The van der Waals surface area contributed by atoms with E-state index in [-0.39, 0.29) is 42.4 Å². The third-order valence-corrected chi connectivity index (χ3v) is 11.4. The van der Waals surface area contributed by atoms with Gasteiger partial charge in [-0.1, -0.05) is 12.1 Å². The van der Waals surface area contributed by atoms with Gasteiger partial charge in [0.25, 0.3) is 19.1 Å². The Kier molecular flexibility index (Phi) is 14.3. The molecule has 0 atom stereocenters. The largest absolute Gasteiger partial charge is 0.465 e. The number of halogens is 1. The molecule has 0 amide bonds. The Morgan fingerprint density at radius 3 is 1.59 bits per heavy atom. The van der Waals surface area contributed by atoms with Gasteiger partial charge >= 0.3 is 11.9 Å². The number of carbonyl (C=O) groups is 4. The number of aryl methyl sites for hydroxylation is 4. The number of nitrogens with two attached hydrogens (primary N) is 1. The molecule has 0 radical (unpaired) electrons. The minimum Gasteiger partial charge on any atom is -0.465 e. The maximum absolute atomic E-state index is 12.7. The van der Waals surface area contributed by atoms with Crippen LogP contribution in [0.3, 0.4) is 0 Å². The summed E-state index contributed by atoms with van der Waals surface area (Å²) >= 11 is 1.95. The monoisotopic (exact) mass is 770 g/mol. The quantitative estimate of drug-likeness (QED) is 0.0838. The normalized spacial score (nSPS) is 10.9. The zero-order chi connectivity index (χ0) is 37.4. The van der Waals surface area contributed by atoms with Gasteiger partial charge in [-0.05, 0) is 98.8 Å². The van der Waals surface area contributed by atoms with Gasteiger partial charge in [0.05, 0.1) is 19.9 Å². The maximum atomic E-state index is 12.7. The summed E-state index contributed by atoms with van der Waals surface area (Å²) in [6, 6.07) is 9.79. The smallest absolute Gasteiger partial charge is 0.349 e. The molecule has 0 aliphatic heterocycles. The van der Waals surface area contributed by atoms with Gasteiger partial charge in [0.15, 0.2) is 11.6 Å². The predicted molar refractivity (Wildman–Crippen MR) is 191 cm³/mol. The number of thiophene rings is 2. The van der Waals surface area contributed by atoms with E-state index in [2.05, 4.69) is 14.2 Å². The van der Waals surface area contributed by atoms with Crippen molar-refractivity contribution in [2.75, 3.05) is 24.7 Å². The number of anilines is 2. The zero-order valence-electron chi connectivity index (χ0n) is 27.8. The van der Waals surface area contributed by atoms with Gasteiger partial charge < -0.3 is 15.2 Å². The molecule has 0 spiro atoms. The van der Waals surface area contributed by atoms with Crippen molar-refractivity contribution in [1.29, 1.82) is 0 Å². The van der Waals surface area contributed by atoms with Crippen LogP contribution in [0.25, 0.3) is 0 Å². The Morgan fingerprint density at radius 2 is 1.14 bits per heavy atom. The molecule has 2 aromatic carbocycles. The molecule has 0 bridgehead atoms. The number of esters is 2. The van der Waals surface area contributed by atoms with Crippen LogP contribution in [0, 0.1) is 27.7 Å². The fraction of sp³-hybridized carbons (Fsp3) is 0.250. The fourth-order valence-corrected chi connectivity index (χ4v) is 9.13. The van der Waals surface area contributed by atoms with E-state index in [9.17, 15) is 36.0 Å². The van der Waals surface area contributed by atoms with Crippen LogP contribution in [0.2, 0.25) is 0 Å². The molecule has 264 valence electrons. The van der Waals surface area contributed by atoms with Crippen LogP contribution >= 0.6 is 33.4 Å². The van der Waals surface area contributed by atoms with Crippen molar-refractivity contribution in [3.8, 4) is 0 Å². The van der Waals surface area contributed by atoms with Crippen molar-refractivity contribution >= 4 is 87.3 Å². The minimum atomic E-state index is -4.04. The molecule has 0 unspecified atom stereocenters. The molecule has 0 saturated carbocycles. The molecule has 0 aliphatic rings. The van der Waals surface area contributed by atoms with Crippen LogP contribution in [0.4, 0.5) is 11.4 Å². The fourth-order valence-electron chi connectivity index (χ4n) is 4.32. The van der Waals surface area contributed by atoms with E-state index in [1.807, 2.05) is 32.9 Å². The molecular formula is C32H35ClN2O10S4. The van der Waals surface area contributed by atoms with Gasteiger partial charge in [0, 0.05) is 27.5 Å². The number of sulfonamides is 1. The second-order valence-corrected chi connectivity index (χ2v) is 16.4. The van der Waals surface area contributed by atoms with Gasteiger partial charge in [-0.15, -0.1) is 22.7 Å². The lowest BCUT2D eigenvalue weighted by atomic mass is 10.0. The Hall–Kier alpha value is -4.09. The molecule has 0 fully saturated rings. The first-order valence-electron chi connectivity index (χ1n) is 13.9. The van der Waals surface area contributed by atoms with E-state index in [0.29, 0.717) is 16.8 Å². The number of hydrogen-bond donors (Lipinski definition) is 2. The van der Waals surface area contributed by atoms with Crippen LogP contribution in [-0.4, -0.2) is 54.6 Å². The summed E-state index contributed by atoms with van der Waals surface area (Å²) in [5.41, 5.74) is 11.0. The van der Waals surface area contributed by atoms with Crippen molar-refractivity contribution < 1.29 is 45.5 Å². The SMILES string of the molecule is CC(=O)c1cc(C)cc(C)c1N.COC(=O)c1sccc1S(=O)(=O)Cl.COC(=O)c1sccc1S(=O)(=O)Nc1c(C)cc(C)cc1C(C)=O. The summed E-state index contributed by atoms with van der Waals surface area (Å²) in [5, 5.41) is 2.95. The average molecular weight is 771 g/mol. The van der Waals surface area contributed by atoms with Crippen LogP contribution in [-0.2, 0) is 28.5 Å². The minimum absolute atomic E-state index is 0.00231. The van der Waals surface area contributed by atoms with E-state index in [0.717, 1.165) is 39.4 Å². The number of benzene rings is 2. The second kappa shape index (κ2) is 17.0. The molecule has 0 aliphatic carbocycles. The Bertz CT molecular complexity index is 2120. The number of rotatable bonds is 8. The van der Waals surface area contributed by atoms with Gasteiger partial charge in [-0.25, -0.2) is 26.4 Å². The predicted octanol–water partition coefficient (Wildman–Crippen LogP) is 6.71. The van der Waals surface area contributed by atoms with Crippen LogP contribution in [0.15, 0.2) is 56.9 Å². The number of carbonyl (C=O) groups excluding carboxylic acids is 4. The highest BCUT2D eigenvalue weighted by molar-refractivity contribution is 8.13. The molecule has 0 saturated heterocycles. The third kappa shape index (κ3) is 10.7. The zero-order valence-corrected chi connectivity index (χ0v) is 31.8. The number of nitrogens with one attached hydrogen (secondary N) is 1. The number of nitrogen functional groups attached to an aromatic ring is 1. The van der Waals surface area contributed by atoms with Crippen LogP contribution in [0.5, 0.6) is 0 Å². The van der Waals surface area contributed by atoms with E-state index < -0.39 is 31.0 Å². The summed E-state index contributed by atoms with van der Waals surface area (Å²) in [6.07, 6.45) is 0. The molecule has 49 heavy (non-hydrogen) atoms. The Morgan fingerprint density at radius 1 is 0.714 bits per heavy atom. The Labute approximate surface area is 297 Å². The first kappa shape index (κ1) is 41.1. The Balaban J connectivity index is 0.000000281. The van der Waals surface area contributed by atoms with Gasteiger partial charge in [0.2, 0.25) is 0 Å². The highest BCUT2D eigenvalue weighted by Crippen LogP contribution is 2.30. The van der Waals surface area contributed by atoms with Gasteiger partial charge in [-0.3, -0.25) is 14.3 Å².